The first-order chi connectivity index (χ1) is 8.09. The van der Waals surface area contributed by atoms with Crippen LogP contribution in [-0.4, -0.2) is 45.5 Å². The van der Waals surface area contributed by atoms with Gasteiger partial charge in [-0.15, -0.1) is 0 Å². The molecule has 0 saturated carbocycles. The summed E-state index contributed by atoms with van der Waals surface area (Å²) in [6.07, 6.45) is 2.47. The third-order valence-corrected chi connectivity index (χ3v) is 2.78. The van der Waals surface area contributed by atoms with Crippen molar-refractivity contribution in [2.24, 2.45) is 5.73 Å². The van der Waals surface area contributed by atoms with E-state index in [1.165, 1.54) is 11.1 Å². The van der Waals surface area contributed by atoms with Crippen LogP contribution in [0.5, 0.6) is 0 Å². The maximum atomic E-state index is 12.1. The second kappa shape index (κ2) is 4.50. The fraction of sp³-hybridized carbons (Fsp3) is 0.364. The first kappa shape index (κ1) is 11.5. The van der Waals surface area contributed by atoms with E-state index >= 15 is 0 Å². The molecule has 6 heteroatoms. The Labute approximate surface area is 98.1 Å². The molecule has 6 nitrogen and oxygen atoms in total. The van der Waals surface area contributed by atoms with E-state index in [9.17, 15) is 14.7 Å². The predicted molar refractivity (Wildman–Crippen MR) is 58.9 cm³/mol. The maximum Gasteiger partial charge on any atom is 0.256 e. The molecule has 2 atom stereocenters. The number of aliphatic hydroxyl groups excluding tert-OH is 1. The summed E-state index contributed by atoms with van der Waals surface area (Å²) in [5.41, 5.74) is 5.59. The monoisotopic (exact) mass is 235 g/mol. The standard InChI is InChI=1S/C11H13N3O3/c12-10(16)9-4-8(15)6-14(9)11(17)7-2-1-3-13-5-7/h1-3,5,8-9,15H,4,6H2,(H2,12,16)/t8-,9-/m0/s1. The average Bonchev–Trinajstić information content (AvgIpc) is 2.72. The summed E-state index contributed by atoms with van der Waals surface area (Å²) in [4.78, 5) is 28.4. The Morgan fingerprint density at radius 3 is 2.88 bits per heavy atom. The number of carbonyl (C=O) groups is 2. The molecule has 0 aliphatic carbocycles. The van der Waals surface area contributed by atoms with Gasteiger partial charge >= 0.3 is 0 Å². The average molecular weight is 235 g/mol. The molecule has 1 saturated heterocycles. The van der Waals surface area contributed by atoms with Gasteiger partial charge < -0.3 is 15.7 Å². The molecule has 0 unspecified atom stereocenters. The molecule has 2 amide bonds. The van der Waals surface area contributed by atoms with Crippen molar-refractivity contribution in [2.75, 3.05) is 6.54 Å². The van der Waals surface area contributed by atoms with Gasteiger partial charge in [-0.3, -0.25) is 14.6 Å². The molecular formula is C11H13N3O3. The Balaban J connectivity index is 2.22. The lowest BCUT2D eigenvalue weighted by Gasteiger charge is -2.21. The highest BCUT2D eigenvalue weighted by Gasteiger charge is 2.38. The van der Waals surface area contributed by atoms with E-state index in [2.05, 4.69) is 4.98 Å². The number of rotatable bonds is 2. The summed E-state index contributed by atoms with van der Waals surface area (Å²) in [7, 11) is 0. The summed E-state index contributed by atoms with van der Waals surface area (Å²) >= 11 is 0. The quantitative estimate of drug-likeness (QED) is 0.697. The summed E-state index contributed by atoms with van der Waals surface area (Å²) in [6, 6.07) is 2.51. The van der Waals surface area contributed by atoms with E-state index in [0.29, 0.717) is 5.56 Å². The van der Waals surface area contributed by atoms with Crippen molar-refractivity contribution in [2.45, 2.75) is 18.6 Å². The van der Waals surface area contributed by atoms with Crippen molar-refractivity contribution in [3.63, 3.8) is 0 Å². The second-order valence-corrected chi connectivity index (χ2v) is 4.01. The van der Waals surface area contributed by atoms with E-state index in [-0.39, 0.29) is 18.9 Å². The number of primary amides is 1. The summed E-state index contributed by atoms with van der Waals surface area (Å²) in [5.74, 6) is -0.933. The summed E-state index contributed by atoms with van der Waals surface area (Å²) in [6.45, 7) is 0.126. The van der Waals surface area contributed by atoms with Gasteiger partial charge in [0.15, 0.2) is 0 Å². The molecule has 2 rings (SSSR count). The summed E-state index contributed by atoms with van der Waals surface area (Å²) < 4.78 is 0. The highest BCUT2D eigenvalue weighted by molar-refractivity contribution is 5.97. The van der Waals surface area contributed by atoms with Gasteiger partial charge in [-0.25, -0.2) is 0 Å². The van der Waals surface area contributed by atoms with Crippen LogP contribution in [0.3, 0.4) is 0 Å². The van der Waals surface area contributed by atoms with Crippen LogP contribution in [0.4, 0.5) is 0 Å². The van der Waals surface area contributed by atoms with E-state index in [0.717, 1.165) is 0 Å². The molecule has 1 fully saturated rings. The Morgan fingerprint density at radius 2 is 2.29 bits per heavy atom. The van der Waals surface area contributed by atoms with Gasteiger partial charge in [-0.2, -0.15) is 0 Å². The van der Waals surface area contributed by atoms with Crippen LogP contribution in [0, 0.1) is 0 Å². The van der Waals surface area contributed by atoms with Gasteiger partial charge in [0.2, 0.25) is 5.91 Å². The third kappa shape index (κ3) is 2.26. The van der Waals surface area contributed by atoms with Gasteiger partial charge in [-0.1, -0.05) is 0 Å². The minimum Gasteiger partial charge on any atom is -0.391 e. The zero-order chi connectivity index (χ0) is 12.4. The van der Waals surface area contributed by atoms with Crippen LogP contribution in [0.25, 0.3) is 0 Å². The molecule has 2 heterocycles. The Hall–Kier alpha value is -1.95. The number of nitrogens with two attached hydrogens (primary N) is 1. The Bertz CT molecular complexity index is 435. The second-order valence-electron chi connectivity index (χ2n) is 4.01. The summed E-state index contributed by atoms with van der Waals surface area (Å²) in [5, 5.41) is 9.50. The Kier molecular flexibility index (Phi) is 3.06. The lowest BCUT2D eigenvalue weighted by atomic mass is 10.2. The van der Waals surface area contributed by atoms with Crippen molar-refractivity contribution in [3.05, 3.63) is 30.1 Å². The van der Waals surface area contributed by atoms with Crippen LogP contribution >= 0.6 is 0 Å². The van der Waals surface area contributed by atoms with Gasteiger partial charge in [0.25, 0.3) is 5.91 Å². The van der Waals surface area contributed by atoms with Crippen molar-refractivity contribution in [1.29, 1.82) is 0 Å². The van der Waals surface area contributed by atoms with Crippen LogP contribution in [0.1, 0.15) is 16.8 Å². The number of β-amino-alcohol motifs (C(OH)–C–C–N with tert-alkyl or cyclic N) is 1. The normalized spacial score (nSPS) is 23.7. The fourth-order valence-electron chi connectivity index (χ4n) is 1.96. The van der Waals surface area contributed by atoms with Crippen LogP contribution < -0.4 is 5.73 Å². The van der Waals surface area contributed by atoms with Crippen molar-refractivity contribution in [1.82, 2.24) is 9.88 Å². The minimum atomic E-state index is -0.738. The number of nitrogens with zero attached hydrogens (tertiary/aromatic N) is 2. The van der Waals surface area contributed by atoms with Crippen molar-refractivity contribution in [3.8, 4) is 0 Å². The molecule has 17 heavy (non-hydrogen) atoms. The first-order valence-electron chi connectivity index (χ1n) is 5.28. The molecule has 90 valence electrons. The number of aromatic nitrogens is 1. The molecule has 3 N–H and O–H groups in total. The number of hydrogen-bond acceptors (Lipinski definition) is 4. The molecule has 0 radical (unpaired) electrons. The van der Waals surface area contributed by atoms with Crippen molar-refractivity contribution >= 4 is 11.8 Å². The number of amides is 2. The molecule has 1 aromatic heterocycles. The van der Waals surface area contributed by atoms with E-state index in [1.54, 1.807) is 18.3 Å². The van der Waals surface area contributed by atoms with Gasteiger partial charge in [0.1, 0.15) is 6.04 Å². The molecule has 0 bridgehead atoms. The smallest absolute Gasteiger partial charge is 0.256 e. The zero-order valence-electron chi connectivity index (χ0n) is 9.11. The first-order valence-corrected chi connectivity index (χ1v) is 5.28. The largest absolute Gasteiger partial charge is 0.391 e. The maximum absolute atomic E-state index is 12.1. The van der Waals surface area contributed by atoms with Crippen LogP contribution in [0.2, 0.25) is 0 Å². The topological polar surface area (TPSA) is 96.5 Å². The molecule has 0 spiro atoms. The van der Waals surface area contributed by atoms with E-state index in [4.69, 9.17) is 5.73 Å². The minimum absolute atomic E-state index is 0.126. The molecule has 1 aromatic rings. The highest BCUT2D eigenvalue weighted by atomic mass is 16.3. The highest BCUT2D eigenvalue weighted by Crippen LogP contribution is 2.20. The Morgan fingerprint density at radius 1 is 1.53 bits per heavy atom. The SMILES string of the molecule is NC(=O)[C@@H]1C[C@H](O)CN1C(=O)c1cccnc1. The van der Waals surface area contributed by atoms with Gasteiger partial charge in [0, 0.05) is 25.4 Å². The lowest BCUT2D eigenvalue weighted by Crippen LogP contribution is -2.43. The molecule has 1 aliphatic heterocycles. The van der Waals surface area contributed by atoms with Gasteiger partial charge in [0.05, 0.1) is 11.7 Å². The molecular weight excluding hydrogens is 222 g/mol. The van der Waals surface area contributed by atoms with Crippen molar-refractivity contribution < 1.29 is 14.7 Å². The fourth-order valence-corrected chi connectivity index (χ4v) is 1.96. The number of pyridine rings is 1. The number of likely N-dealkylation sites (tertiary alicyclic amines) is 1. The van der Waals surface area contributed by atoms with Crippen LogP contribution in [0.15, 0.2) is 24.5 Å². The zero-order valence-corrected chi connectivity index (χ0v) is 9.11. The predicted octanol–water partition coefficient (Wildman–Crippen LogP) is -0.858. The third-order valence-electron chi connectivity index (χ3n) is 2.78. The molecule has 1 aliphatic rings. The molecule has 0 aromatic carbocycles. The number of carbonyl (C=O) groups excluding carboxylic acids is 2. The van der Waals surface area contributed by atoms with Gasteiger partial charge in [-0.05, 0) is 12.1 Å². The lowest BCUT2D eigenvalue weighted by molar-refractivity contribution is -0.121. The van der Waals surface area contributed by atoms with E-state index in [1.807, 2.05) is 0 Å². The van der Waals surface area contributed by atoms with E-state index < -0.39 is 18.1 Å². The number of hydrogen-bond donors (Lipinski definition) is 2. The van der Waals surface area contributed by atoms with Crippen LogP contribution in [-0.2, 0) is 4.79 Å². The number of aliphatic hydroxyl groups is 1.